The number of carbonyl (C=O) groups is 2. The van der Waals surface area contributed by atoms with Crippen LogP contribution in [-0.4, -0.2) is 16.9 Å². The molecule has 3 rings (SSSR count). The average Bonchev–Trinajstić information content (AvgIpc) is 2.84. The van der Waals surface area contributed by atoms with E-state index in [0.717, 1.165) is 5.52 Å². The molecule has 3 amide bonds. The van der Waals surface area contributed by atoms with Crippen molar-refractivity contribution in [1.29, 1.82) is 0 Å². The highest BCUT2D eigenvalue weighted by molar-refractivity contribution is 6.13. The molecule has 1 aromatic heterocycles. The number of hydrogen-bond acceptors (Lipinski definition) is 2. The molecule has 6 heteroatoms. The molecule has 1 aliphatic carbocycles. The zero-order valence-electron chi connectivity index (χ0n) is 12.3. The number of aromatic amines is 1. The van der Waals surface area contributed by atoms with Crippen molar-refractivity contribution in [3.63, 3.8) is 0 Å². The van der Waals surface area contributed by atoms with Crippen LogP contribution in [0, 0.1) is 0 Å². The first-order chi connectivity index (χ1) is 10.6. The summed E-state index contributed by atoms with van der Waals surface area (Å²) in [6.07, 6.45) is 6.21. The number of urea groups is 1. The second kappa shape index (κ2) is 5.71. The normalized spacial score (nSPS) is 15.8. The van der Waals surface area contributed by atoms with Crippen molar-refractivity contribution in [1.82, 2.24) is 4.98 Å². The lowest BCUT2D eigenvalue weighted by Crippen LogP contribution is -2.22. The van der Waals surface area contributed by atoms with Gasteiger partial charge in [-0.25, -0.2) is 4.79 Å². The zero-order valence-corrected chi connectivity index (χ0v) is 12.3. The Morgan fingerprint density at radius 1 is 1.14 bits per heavy atom. The van der Waals surface area contributed by atoms with E-state index in [2.05, 4.69) is 10.3 Å². The summed E-state index contributed by atoms with van der Waals surface area (Å²) < 4.78 is 0. The third-order valence-electron chi connectivity index (χ3n) is 4.39. The topological polar surface area (TPSA) is 114 Å². The molecular weight excluding hydrogens is 280 g/mol. The summed E-state index contributed by atoms with van der Waals surface area (Å²) in [6, 6.07) is 5.25. The fourth-order valence-corrected chi connectivity index (χ4v) is 3.38. The summed E-state index contributed by atoms with van der Waals surface area (Å²) >= 11 is 0. The molecule has 2 aromatic rings. The van der Waals surface area contributed by atoms with Crippen LogP contribution in [0.15, 0.2) is 18.2 Å². The Balaban J connectivity index is 2.04. The summed E-state index contributed by atoms with van der Waals surface area (Å²) in [5.41, 5.74) is 12.9. The third kappa shape index (κ3) is 2.64. The first-order valence-corrected chi connectivity index (χ1v) is 7.58. The van der Waals surface area contributed by atoms with Gasteiger partial charge in [0.1, 0.15) is 5.82 Å². The number of nitrogens with two attached hydrogens (primary N) is 2. The van der Waals surface area contributed by atoms with Crippen LogP contribution in [0.2, 0.25) is 0 Å². The third-order valence-corrected chi connectivity index (χ3v) is 4.39. The fraction of sp³-hybridized carbons (Fsp3) is 0.375. The number of nitrogens with one attached hydrogen (secondary N) is 2. The van der Waals surface area contributed by atoms with Crippen LogP contribution >= 0.6 is 0 Å². The molecule has 1 fully saturated rings. The second-order valence-corrected chi connectivity index (χ2v) is 5.87. The Kier molecular flexibility index (Phi) is 3.75. The molecule has 0 unspecified atom stereocenters. The van der Waals surface area contributed by atoms with E-state index < -0.39 is 11.9 Å². The van der Waals surface area contributed by atoms with E-state index in [0.29, 0.717) is 11.3 Å². The molecule has 22 heavy (non-hydrogen) atoms. The molecule has 6 nitrogen and oxygen atoms in total. The van der Waals surface area contributed by atoms with E-state index in [-0.39, 0.29) is 11.4 Å². The SMILES string of the molecule is NC(=O)Nc1[nH]c2cc(C3CCCCC3)ccc2c1C(N)=O. The molecular formula is C16H20N4O2. The van der Waals surface area contributed by atoms with E-state index in [9.17, 15) is 9.59 Å². The molecule has 0 saturated heterocycles. The Labute approximate surface area is 128 Å². The minimum absolute atomic E-state index is 0.260. The van der Waals surface area contributed by atoms with Gasteiger partial charge in [0.05, 0.1) is 5.56 Å². The lowest BCUT2D eigenvalue weighted by atomic mass is 9.84. The van der Waals surface area contributed by atoms with Crippen molar-refractivity contribution in [2.75, 3.05) is 5.32 Å². The highest BCUT2D eigenvalue weighted by Crippen LogP contribution is 2.35. The first kappa shape index (κ1) is 14.4. The lowest BCUT2D eigenvalue weighted by molar-refractivity contribution is 0.100. The number of hydrogen-bond donors (Lipinski definition) is 4. The van der Waals surface area contributed by atoms with Gasteiger partial charge in [-0.2, -0.15) is 0 Å². The summed E-state index contributed by atoms with van der Waals surface area (Å²) in [4.78, 5) is 25.8. The molecule has 1 heterocycles. The highest BCUT2D eigenvalue weighted by atomic mass is 16.2. The van der Waals surface area contributed by atoms with Crippen molar-refractivity contribution in [2.45, 2.75) is 38.0 Å². The molecule has 0 atom stereocenters. The molecule has 116 valence electrons. The number of anilines is 1. The van der Waals surface area contributed by atoms with Gasteiger partial charge in [-0.1, -0.05) is 31.4 Å². The predicted molar refractivity (Wildman–Crippen MR) is 85.8 cm³/mol. The Hall–Kier alpha value is -2.50. The minimum atomic E-state index is -0.735. The summed E-state index contributed by atoms with van der Waals surface area (Å²) in [7, 11) is 0. The van der Waals surface area contributed by atoms with E-state index in [1.54, 1.807) is 0 Å². The molecule has 0 radical (unpaired) electrons. The summed E-state index contributed by atoms with van der Waals surface area (Å²) in [6.45, 7) is 0. The van der Waals surface area contributed by atoms with Crippen molar-refractivity contribution in [3.8, 4) is 0 Å². The monoisotopic (exact) mass is 300 g/mol. The van der Waals surface area contributed by atoms with E-state index >= 15 is 0 Å². The molecule has 1 saturated carbocycles. The van der Waals surface area contributed by atoms with Gasteiger partial charge in [0.15, 0.2) is 0 Å². The van der Waals surface area contributed by atoms with Gasteiger partial charge in [0.25, 0.3) is 5.91 Å². The number of rotatable bonds is 3. The molecule has 0 spiro atoms. The molecule has 1 aliphatic rings. The van der Waals surface area contributed by atoms with Gasteiger partial charge < -0.3 is 16.5 Å². The Bertz CT molecular complexity index is 729. The molecule has 0 aliphatic heterocycles. The Morgan fingerprint density at radius 2 is 1.86 bits per heavy atom. The number of aromatic nitrogens is 1. The maximum atomic E-state index is 11.7. The van der Waals surface area contributed by atoms with Crippen molar-refractivity contribution in [2.24, 2.45) is 11.5 Å². The maximum Gasteiger partial charge on any atom is 0.317 e. The summed E-state index contributed by atoms with van der Waals surface area (Å²) in [5, 5.41) is 3.13. The van der Waals surface area contributed by atoms with Crippen LogP contribution in [0.3, 0.4) is 0 Å². The number of primary amides is 2. The van der Waals surface area contributed by atoms with Crippen LogP contribution < -0.4 is 16.8 Å². The van der Waals surface area contributed by atoms with E-state index in [1.165, 1.54) is 37.7 Å². The van der Waals surface area contributed by atoms with Gasteiger partial charge in [-0.05, 0) is 30.4 Å². The van der Waals surface area contributed by atoms with E-state index in [4.69, 9.17) is 11.5 Å². The quantitative estimate of drug-likeness (QED) is 0.698. The fourth-order valence-electron chi connectivity index (χ4n) is 3.38. The van der Waals surface area contributed by atoms with Gasteiger partial charge in [-0.15, -0.1) is 0 Å². The van der Waals surface area contributed by atoms with Crippen molar-refractivity contribution in [3.05, 3.63) is 29.3 Å². The van der Waals surface area contributed by atoms with Crippen LogP contribution in [0.1, 0.15) is 53.9 Å². The van der Waals surface area contributed by atoms with Crippen LogP contribution in [0.4, 0.5) is 10.6 Å². The average molecular weight is 300 g/mol. The molecule has 6 N–H and O–H groups in total. The lowest BCUT2D eigenvalue weighted by Gasteiger charge is -2.21. The number of benzene rings is 1. The second-order valence-electron chi connectivity index (χ2n) is 5.87. The maximum absolute atomic E-state index is 11.7. The Morgan fingerprint density at radius 3 is 2.50 bits per heavy atom. The van der Waals surface area contributed by atoms with Crippen LogP contribution in [0.25, 0.3) is 10.9 Å². The van der Waals surface area contributed by atoms with Gasteiger partial charge in [0.2, 0.25) is 0 Å². The number of fused-ring (bicyclic) bond motifs is 1. The number of amides is 3. The van der Waals surface area contributed by atoms with Crippen LogP contribution in [0.5, 0.6) is 0 Å². The zero-order chi connectivity index (χ0) is 15.7. The first-order valence-electron chi connectivity index (χ1n) is 7.58. The van der Waals surface area contributed by atoms with Gasteiger partial charge >= 0.3 is 6.03 Å². The molecule has 1 aromatic carbocycles. The smallest absolute Gasteiger partial charge is 0.317 e. The number of H-pyrrole nitrogens is 1. The standard InChI is InChI=1S/C16H20N4O2/c17-14(21)13-11-7-6-10(9-4-2-1-3-5-9)8-12(11)19-15(13)20-16(18)22/h6-9,19H,1-5H2,(H2,17,21)(H3,18,20,22). The molecule has 0 bridgehead atoms. The van der Waals surface area contributed by atoms with Gasteiger partial charge in [-0.3, -0.25) is 10.1 Å². The van der Waals surface area contributed by atoms with Gasteiger partial charge in [0, 0.05) is 10.9 Å². The minimum Gasteiger partial charge on any atom is -0.365 e. The van der Waals surface area contributed by atoms with Crippen molar-refractivity contribution >= 4 is 28.7 Å². The van der Waals surface area contributed by atoms with E-state index in [1.807, 2.05) is 18.2 Å². The van der Waals surface area contributed by atoms with Crippen LogP contribution in [-0.2, 0) is 0 Å². The predicted octanol–water partition coefficient (Wildman–Crippen LogP) is 2.81. The number of carbonyl (C=O) groups excluding carboxylic acids is 2. The van der Waals surface area contributed by atoms with Crippen molar-refractivity contribution < 1.29 is 9.59 Å². The largest absolute Gasteiger partial charge is 0.365 e. The summed E-state index contributed by atoms with van der Waals surface area (Å²) in [5.74, 6) is 0.224. The highest BCUT2D eigenvalue weighted by Gasteiger charge is 2.20.